The van der Waals surface area contributed by atoms with E-state index in [4.69, 9.17) is 0 Å². The van der Waals surface area contributed by atoms with Gasteiger partial charge in [-0.3, -0.25) is 14.9 Å². The molecule has 7 nitrogen and oxygen atoms in total. The molecule has 1 aromatic heterocycles. The predicted molar refractivity (Wildman–Crippen MR) is 104 cm³/mol. The number of benzene rings is 2. The van der Waals surface area contributed by atoms with Crippen molar-refractivity contribution in [3.63, 3.8) is 0 Å². The van der Waals surface area contributed by atoms with E-state index in [9.17, 15) is 19.3 Å². The molecule has 8 heteroatoms. The molecule has 0 aliphatic rings. The molecule has 2 N–H and O–H groups in total. The molecule has 1 atom stereocenters. The van der Waals surface area contributed by atoms with Gasteiger partial charge < -0.3 is 10.6 Å². The Morgan fingerprint density at radius 3 is 2.32 bits per heavy atom. The molecule has 0 aliphatic heterocycles. The van der Waals surface area contributed by atoms with E-state index >= 15 is 0 Å². The quantitative estimate of drug-likeness (QED) is 0.483. The first-order valence-corrected chi connectivity index (χ1v) is 8.46. The Labute approximate surface area is 160 Å². The fraction of sp³-hybridized carbons (Fsp3) is 0.100. The van der Waals surface area contributed by atoms with Crippen molar-refractivity contribution in [2.45, 2.75) is 13.0 Å². The Morgan fingerprint density at radius 1 is 1.07 bits per heavy atom. The smallest absolute Gasteiger partial charge is 0.287 e. The Morgan fingerprint density at radius 2 is 1.75 bits per heavy atom. The normalized spacial score (nSPS) is 11.5. The number of nitro groups is 1. The van der Waals surface area contributed by atoms with Crippen LogP contribution in [0.3, 0.4) is 0 Å². The van der Waals surface area contributed by atoms with Crippen molar-refractivity contribution in [2.24, 2.45) is 0 Å². The highest BCUT2D eigenvalue weighted by atomic mass is 19.1. The van der Waals surface area contributed by atoms with Gasteiger partial charge in [0.15, 0.2) is 0 Å². The van der Waals surface area contributed by atoms with Gasteiger partial charge in [-0.05, 0) is 55.0 Å². The zero-order valence-electron chi connectivity index (χ0n) is 14.9. The summed E-state index contributed by atoms with van der Waals surface area (Å²) < 4.78 is 12.9. The number of hydrogen-bond acceptors (Lipinski definition) is 5. The Kier molecular flexibility index (Phi) is 5.59. The third kappa shape index (κ3) is 4.67. The van der Waals surface area contributed by atoms with Crippen LogP contribution >= 0.6 is 0 Å². The van der Waals surface area contributed by atoms with Crippen LogP contribution in [0.15, 0.2) is 66.9 Å². The summed E-state index contributed by atoms with van der Waals surface area (Å²) in [7, 11) is 0. The summed E-state index contributed by atoms with van der Waals surface area (Å²) in [6.45, 7) is 1.93. The van der Waals surface area contributed by atoms with Crippen molar-refractivity contribution < 1.29 is 14.1 Å². The second kappa shape index (κ2) is 8.26. The number of nitrogens with one attached hydrogen (secondary N) is 2. The lowest BCUT2D eigenvalue weighted by molar-refractivity contribution is -0.385. The first-order valence-electron chi connectivity index (χ1n) is 8.46. The lowest BCUT2D eigenvalue weighted by Gasteiger charge is -2.15. The van der Waals surface area contributed by atoms with Crippen molar-refractivity contribution in [3.8, 4) is 0 Å². The molecular weight excluding hydrogens is 363 g/mol. The van der Waals surface area contributed by atoms with E-state index in [-0.39, 0.29) is 17.6 Å². The van der Waals surface area contributed by atoms with Crippen LogP contribution in [-0.2, 0) is 0 Å². The SMILES string of the molecule is CC(Nc1ccc([N+](=O)[O-])cn1)c1ccc(NC(=O)c2ccc(F)cc2)cc1. The number of carbonyl (C=O) groups excluding carboxylic acids is 1. The van der Waals surface area contributed by atoms with Gasteiger partial charge in [-0.2, -0.15) is 0 Å². The zero-order chi connectivity index (χ0) is 20.1. The van der Waals surface area contributed by atoms with Crippen LogP contribution in [0.2, 0.25) is 0 Å². The van der Waals surface area contributed by atoms with Gasteiger partial charge in [0.25, 0.3) is 11.6 Å². The molecule has 1 heterocycles. The highest BCUT2D eigenvalue weighted by molar-refractivity contribution is 6.04. The summed E-state index contributed by atoms with van der Waals surface area (Å²) >= 11 is 0. The minimum Gasteiger partial charge on any atom is -0.364 e. The van der Waals surface area contributed by atoms with Gasteiger partial charge in [0.05, 0.1) is 4.92 Å². The number of carbonyl (C=O) groups is 1. The summed E-state index contributed by atoms with van der Waals surface area (Å²) in [6, 6.07) is 15.4. The van der Waals surface area contributed by atoms with Crippen molar-refractivity contribution in [2.75, 3.05) is 10.6 Å². The van der Waals surface area contributed by atoms with Gasteiger partial charge in [-0.25, -0.2) is 9.37 Å². The number of pyridine rings is 1. The third-order valence-electron chi connectivity index (χ3n) is 4.10. The zero-order valence-corrected chi connectivity index (χ0v) is 14.9. The van der Waals surface area contributed by atoms with E-state index in [1.807, 2.05) is 19.1 Å². The van der Waals surface area contributed by atoms with Crippen LogP contribution in [0.5, 0.6) is 0 Å². The third-order valence-corrected chi connectivity index (χ3v) is 4.10. The number of hydrogen-bond donors (Lipinski definition) is 2. The molecule has 3 aromatic rings. The van der Waals surface area contributed by atoms with Gasteiger partial charge in [0.1, 0.15) is 17.8 Å². The number of anilines is 2. The molecule has 0 aliphatic carbocycles. The maximum atomic E-state index is 12.9. The molecule has 2 aromatic carbocycles. The fourth-order valence-electron chi connectivity index (χ4n) is 2.54. The monoisotopic (exact) mass is 380 g/mol. The second-order valence-corrected chi connectivity index (χ2v) is 6.11. The molecule has 0 spiro atoms. The number of rotatable bonds is 6. The average molecular weight is 380 g/mol. The molecule has 1 unspecified atom stereocenters. The van der Waals surface area contributed by atoms with Crippen LogP contribution in [-0.4, -0.2) is 15.8 Å². The fourth-order valence-corrected chi connectivity index (χ4v) is 2.54. The summed E-state index contributed by atoms with van der Waals surface area (Å²) in [5, 5.41) is 16.6. The van der Waals surface area contributed by atoms with E-state index in [0.29, 0.717) is 17.1 Å². The first-order chi connectivity index (χ1) is 13.4. The maximum Gasteiger partial charge on any atom is 0.287 e. The lowest BCUT2D eigenvalue weighted by Crippen LogP contribution is -2.12. The van der Waals surface area contributed by atoms with Crippen molar-refractivity contribution in [1.82, 2.24) is 4.98 Å². The number of amides is 1. The highest BCUT2D eigenvalue weighted by Crippen LogP contribution is 2.21. The Hall–Kier alpha value is -3.81. The minimum atomic E-state index is -0.501. The van der Waals surface area contributed by atoms with Crippen molar-refractivity contribution >= 4 is 23.1 Å². The van der Waals surface area contributed by atoms with E-state index in [1.165, 1.54) is 36.5 Å². The highest BCUT2D eigenvalue weighted by Gasteiger charge is 2.10. The number of aromatic nitrogens is 1. The number of halogens is 1. The van der Waals surface area contributed by atoms with Gasteiger partial charge >= 0.3 is 0 Å². The number of nitrogens with zero attached hydrogens (tertiary/aromatic N) is 2. The van der Waals surface area contributed by atoms with E-state index in [2.05, 4.69) is 15.6 Å². The molecule has 0 bridgehead atoms. The predicted octanol–water partition coefficient (Wildman–Crippen LogP) is 4.55. The summed E-state index contributed by atoms with van der Waals surface area (Å²) in [4.78, 5) is 26.4. The summed E-state index contributed by atoms with van der Waals surface area (Å²) in [6.07, 6.45) is 1.20. The Balaban J connectivity index is 1.62. The van der Waals surface area contributed by atoms with Gasteiger partial charge in [0, 0.05) is 23.4 Å². The van der Waals surface area contributed by atoms with E-state index < -0.39 is 10.7 Å². The van der Waals surface area contributed by atoms with E-state index in [0.717, 1.165) is 5.56 Å². The summed E-state index contributed by atoms with van der Waals surface area (Å²) in [5.41, 5.74) is 1.85. The lowest BCUT2D eigenvalue weighted by atomic mass is 10.1. The van der Waals surface area contributed by atoms with Gasteiger partial charge in [0.2, 0.25) is 0 Å². The van der Waals surface area contributed by atoms with Crippen LogP contribution in [0.4, 0.5) is 21.6 Å². The van der Waals surface area contributed by atoms with Crippen LogP contribution < -0.4 is 10.6 Å². The maximum absolute atomic E-state index is 12.9. The van der Waals surface area contributed by atoms with Crippen molar-refractivity contribution in [3.05, 3.63) is 93.9 Å². The van der Waals surface area contributed by atoms with Crippen LogP contribution in [0.1, 0.15) is 28.9 Å². The molecule has 3 rings (SSSR count). The molecule has 0 saturated carbocycles. The van der Waals surface area contributed by atoms with Crippen LogP contribution in [0.25, 0.3) is 0 Å². The van der Waals surface area contributed by atoms with Crippen molar-refractivity contribution in [1.29, 1.82) is 0 Å². The van der Waals surface area contributed by atoms with Gasteiger partial charge in [-0.15, -0.1) is 0 Å². The topological polar surface area (TPSA) is 97.2 Å². The molecule has 142 valence electrons. The van der Waals surface area contributed by atoms with E-state index in [1.54, 1.807) is 18.2 Å². The van der Waals surface area contributed by atoms with Gasteiger partial charge in [-0.1, -0.05) is 12.1 Å². The Bertz CT molecular complexity index is 974. The minimum absolute atomic E-state index is 0.0700. The van der Waals surface area contributed by atoms with Crippen LogP contribution in [0, 0.1) is 15.9 Å². The molecule has 0 saturated heterocycles. The molecule has 0 radical (unpaired) electrons. The standard InChI is InChI=1S/C20H17FN4O3/c1-13(23-19-11-10-18(12-22-19)25(27)28)14-4-8-17(9-5-14)24-20(26)15-2-6-16(21)7-3-15/h2-13H,1H3,(H,22,23)(H,24,26). The molecule has 1 amide bonds. The largest absolute Gasteiger partial charge is 0.364 e. The average Bonchev–Trinajstić information content (AvgIpc) is 2.69. The molecule has 28 heavy (non-hydrogen) atoms. The first kappa shape index (κ1) is 19.0. The molecule has 0 fully saturated rings. The summed E-state index contributed by atoms with van der Waals surface area (Å²) in [5.74, 6) is -0.203. The second-order valence-electron chi connectivity index (χ2n) is 6.11. The molecular formula is C20H17FN4O3.